The Bertz CT molecular complexity index is 804. The van der Waals surface area contributed by atoms with E-state index in [2.05, 4.69) is 5.10 Å². The fourth-order valence-electron chi connectivity index (χ4n) is 2.73. The van der Waals surface area contributed by atoms with Crippen LogP contribution in [0.15, 0.2) is 24.4 Å². The van der Waals surface area contributed by atoms with E-state index in [1.807, 2.05) is 29.5 Å². The highest BCUT2D eigenvalue weighted by atomic mass is 127. The number of amides is 1. The maximum Gasteiger partial charge on any atom is 0.419 e. The van der Waals surface area contributed by atoms with Gasteiger partial charge in [0.25, 0.3) is 5.91 Å². The molecule has 0 saturated carbocycles. The second kappa shape index (κ2) is 5.94. The first-order valence-electron chi connectivity index (χ1n) is 7.04. The van der Waals surface area contributed by atoms with Gasteiger partial charge in [-0.3, -0.25) is 9.48 Å². The molecule has 128 valence electrons. The molecule has 1 atom stereocenters. The minimum atomic E-state index is -4.52. The zero-order valence-corrected chi connectivity index (χ0v) is 14.9. The number of nitrogens with zero attached hydrogens (tertiary/aromatic N) is 3. The van der Waals surface area contributed by atoms with E-state index in [9.17, 15) is 18.0 Å². The van der Waals surface area contributed by atoms with Crippen LogP contribution in [0.3, 0.4) is 0 Å². The molecule has 0 bridgehead atoms. The maximum atomic E-state index is 13.0. The van der Waals surface area contributed by atoms with Crippen molar-refractivity contribution in [2.75, 3.05) is 18.6 Å². The Balaban J connectivity index is 2.04. The van der Waals surface area contributed by atoms with E-state index < -0.39 is 11.7 Å². The fourth-order valence-corrected chi connectivity index (χ4v) is 3.33. The topological polar surface area (TPSA) is 47.4 Å². The van der Waals surface area contributed by atoms with Crippen molar-refractivity contribution in [1.29, 1.82) is 0 Å². The van der Waals surface area contributed by atoms with E-state index in [-0.39, 0.29) is 17.7 Å². The number of hydrogen-bond donors (Lipinski definition) is 0. The lowest BCUT2D eigenvalue weighted by Crippen LogP contribution is -2.43. The molecule has 1 aromatic carbocycles. The van der Waals surface area contributed by atoms with Gasteiger partial charge in [0.1, 0.15) is 11.4 Å². The summed E-state index contributed by atoms with van der Waals surface area (Å²) in [4.78, 5) is 14.2. The zero-order valence-electron chi connectivity index (χ0n) is 12.8. The minimum absolute atomic E-state index is 0.0884. The van der Waals surface area contributed by atoms with Crippen molar-refractivity contribution in [3.05, 3.63) is 39.2 Å². The van der Waals surface area contributed by atoms with E-state index in [1.54, 1.807) is 10.9 Å². The molecule has 24 heavy (non-hydrogen) atoms. The van der Waals surface area contributed by atoms with Crippen molar-refractivity contribution in [3.8, 4) is 5.75 Å². The number of methoxy groups -OCH3 is 1. The van der Waals surface area contributed by atoms with Crippen LogP contribution < -0.4 is 9.64 Å². The number of benzene rings is 1. The van der Waals surface area contributed by atoms with Gasteiger partial charge in [-0.15, -0.1) is 0 Å². The first kappa shape index (κ1) is 17.1. The molecule has 3 rings (SSSR count). The van der Waals surface area contributed by atoms with Crippen molar-refractivity contribution in [1.82, 2.24) is 9.78 Å². The van der Waals surface area contributed by atoms with Crippen LogP contribution in [0.1, 0.15) is 29.0 Å². The summed E-state index contributed by atoms with van der Waals surface area (Å²) in [6.07, 6.45) is -2.92. The van der Waals surface area contributed by atoms with Gasteiger partial charge in [-0.2, -0.15) is 18.3 Å². The molecule has 1 aliphatic heterocycles. The molecule has 0 radical (unpaired) electrons. The summed E-state index contributed by atoms with van der Waals surface area (Å²) in [5, 5.41) is 4.18. The molecule has 2 aromatic rings. The zero-order chi connectivity index (χ0) is 17.6. The van der Waals surface area contributed by atoms with Gasteiger partial charge in [-0.05, 0) is 41.6 Å². The van der Waals surface area contributed by atoms with Gasteiger partial charge >= 0.3 is 6.18 Å². The molecule has 2 heterocycles. The Hall–Kier alpha value is -1.78. The molecule has 0 aliphatic carbocycles. The number of ether oxygens (including phenoxy) is 1. The van der Waals surface area contributed by atoms with Crippen molar-refractivity contribution in [2.24, 2.45) is 0 Å². The van der Waals surface area contributed by atoms with Crippen molar-refractivity contribution in [3.63, 3.8) is 0 Å². The molecule has 0 N–H and O–H groups in total. The predicted molar refractivity (Wildman–Crippen MR) is 89.3 cm³/mol. The van der Waals surface area contributed by atoms with Crippen LogP contribution in [0.2, 0.25) is 0 Å². The second-order valence-electron chi connectivity index (χ2n) is 5.43. The molecule has 9 heteroatoms. The van der Waals surface area contributed by atoms with Crippen LogP contribution in [0.25, 0.3) is 0 Å². The monoisotopic (exact) mass is 451 g/mol. The molecule has 0 fully saturated rings. The lowest BCUT2D eigenvalue weighted by Gasteiger charge is -2.32. The fraction of sp³-hybridized carbons (Fsp3) is 0.333. The van der Waals surface area contributed by atoms with E-state index in [0.717, 1.165) is 6.07 Å². The summed E-state index contributed by atoms with van der Waals surface area (Å²) in [5.41, 5.74) is -0.0703. The van der Waals surface area contributed by atoms with Crippen LogP contribution in [0.4, 0.5) is 18.9 Å². The average molecular weight is 451 g/mol. The van der Waals surface area contributed by atoms with Gasteiger partial charge in [-0.25, -0.2) is 0 Å². The Morgan fingerprint density at radius 1 is 1.38 bits per heavy atom. The number of carbonyl (C=O) groups is 1. The average Bonchev–Trinajstić information content (AvgIpc) is 2.92. The molecule has 1 aromatic heterocycles. The lowest BCUT2D eigenvalue weighted by atomic mass is 10.1. The quantitative estimate of drug-likeness (QED) is 0.654. The normalized spacial score (nSPS) is 17.8. The SMILES string of the molecule is COc1cc(N2C[C@H](C)n3ncc(I)c3C2=O)ccc1C(F)(F)F. The van der Waals surface area contributed by atoms with Crippen molar-refractivity contribution >= 4 is 34.2 Å². The molecule has 1 amide bonds. The third kappa shape index (κ3) is 2.74. The molecular formula is C15H13F3IN3O2. The lowest BCUT2D eigenvalue weighted by molar-refractivity contribution is -0.138. The van der Waals surface area contributed by atoms with E-state index in [4.69, 9.17) is 4.74 Å². The number of halogens is 4. The van der Waals surface area contributed by atoms with Crippen molar-refractivity contribution in [2.45, 2.75) is 19.1 Å². The Labute approximate surface area is 149 Å². The number of aromatic nitrogens is 2. The van der Waals surface area contributed by atoms with E-state index >= 15 is 0 Å². The van der Waals surface area contributed by atoms with Gasteiger partial charge in [0, 0.05) is 18.3 Å². The van der Waals surface area contributed by atoms with Crippen LogP contribution in [0, 0.1) is 3.57 Å². The molecule has 1 aliphatic rings. The smallest absolute Gasteiger partial charge is 0.419 e. The number of carbonyl (C=O) groups excluding carboxylic acids is 1. The first-order valence-corrected chi connectivity index (χ1v) is 8.12. The highest BCUT2D eigenvalue weighted by Gasteiger charge is 2.36. The number of rotatable bonds is 2. The maximum absolute atomic E-state index is 13.0. The Kier molecular flexibility index (Phi) is 4.22. The third-order valence-electron chi connectivity index (χ3n) is 3.87. The highest BCUT2D eigenvalue weighted by molar-refractivity contribution is 14.1. The van der Waals surface area contributed by atoms with Crippen LogP contribution in [-0.2, 0) is 6.18 Å². The molecule has 5 nitrogen and oxygen atoms in total. The van der Waals surface area contributed by atoms with Crippen LogP contribution in [0.5, 0.6) is 5.75 Å². The molecule has 0 unspecified atom stereocenters. The summed E-state index contributed by atoms with van der Waals surface area (Å²) in [7, 11) is 1.17. The Morgan fingerprint density at radius 2 is 2.08 bits per heavy atom. The third-order valence-corrected chi connectivity index (χ3v) is 4.65. The summed E-state index contributed by atoms with van der Waals surface area (Å²) >= 11 is 2.02. The second-order valence-corrected chi connectivity index (χ2v) is 6.59. The number of anilines is 1. The van der Waals surface area contributed by atoms with E-state index in [0.29, 0.717) is 21.5 Å². The number of fused-ring (bicyclic) bond motifs is 1. The Morgan fingerprint density at radius 3 is 2.71 bits per heavy atom. The van der Waals surface area contributed by atoms with Gasteiger partial charge in [0.05, 0.1) is 28.5 Å². The minimum Gasteiger partial charge on any atom is -0.496 e. The molecule has 0 spiro atoms. The molecule has 0 saturated heterocycles. The van der Waals surface area contributed by atoms with Crippen LogP contribution >= 0.6 is 22.6 Å². The summed E-state index contributed by atoms with van der Waals surface area (Å²) in [5.74, 6) is -0.606. The number of alkyl halides is 3. The van der Waals surface area contributed by atoms with Gasteiger partial charge < -0.3 is 9.64 Å². The summed E-state index contributed by atoms with van der Waals surface area (Å²) < 4.78 is 46.2. The predicted octanol–water partition coefficient (Wildman–Crippen LogP) is 3.74. The summed E-state index contributed by atoms with van der Waals surface area (Å²) in [6.45, 7) is 2.21. The van der Waals surface area contributed by atoms with E-state index in [1.165, 1.54) is 24.1 Å². The largest absolute Gasteiger partial charge is 0.496 e. The van der Waals surface area contributed by atoms with Gasteiger partial charge in [0.2, 0.25) is 0 Å². The van der Waals surface area contributed by atoms with Crippen LogP contribution in [-0.4, -0.2) is 29.3 Å². The first-order chi connectivity index (χ1) is 11.2. The van der Waals surface area contributed by atoms with Gasteiger partial charge in [-0.1, -0.05) is 0 Å². The highest BCUT2D eigenvalue weighted by Crippen LogP contribution is 2.39. The van der Waals surface area contributed by atoms with Gasteiger partial charge in [0.15, 0.2) is 0 Å². The standard InChI is InChI=1S/C15H13F3IN3O2/c1-8-7-21(14(23)13-11(19)6-20-22(8)13)9-3-4-10(15(16,17)18)12(5-9)24-2/h3-6,8H,7H2,1-2H3/t8-/m0/s1. The summed E-state index contributed by atoms with van der Waals surface area (Å²) in [6, 6.07) is 3.37. The van der Waals surface area contributed by atoms with Crippen molar-refractivity contribution < 1.29 is 22.7 Å². The number of hydrogen-bond acceptors (Lipinski definition) is 3. The molecular weight excluding hydrogens is 438 g/mol.